The normalized spacial score (nSPS) is 8.20. The van der Waals surface area contributed by atoms with E-state index in [2.05, 4.69) is 11.7 Å². The van der Waals surface area contributed by atoms with E-state index in [1.165, 1.54) is 7.11 Å². The molecule has 10 heavy (non-hydrogen) atoms. The molecule has 0 atom stereocenters. The summed E-state index contributed by atoms with van der Waals surface area (Å²) in [6.45, 7) is 2.11. The lowest BCUT2D eigenvalue weighted by molar-refractivity contribution is -0.140. The Morgan fingerprint density at radius 1 is 1.40 bits per heavy atom. The maximum Gasteiger partial charge on any atom is 0.305 e. The van der Waals surface area contributed by atoms with E-state index >= 15 is 0 Å². The third-order valence-corrected chi connectivity index (χ3v) is 1.21. The molecule has 0 aromatic carbocycles. The molecule has 0 aliphatic heterocycles. The Balaban J connectivity index is 0. The van der Waals surface area contributed by atoms with Gasteiger partial charge in [0.25, 0.3) is 0 Å². The highest BCUT2D eigenvalue weighted by Crippen LogP contribution is 1.98. The van der Waals surface area contributed by atoms with Crippen LogP contribution in [0.25, 0.3) is 0 Å². The Morgan fingerprint density at radius 2 is 2.00 bits per heavy atom. The zero-order valence-electron chi connectivity index (χ0n) is 6.85. The van der Waals surface area contributed by atoms with E-state index in [1.54, 1.807) is 0 Å². The first-order valence-electron chi connectivity index (χ1n) is 3.38. The van der Waals surface area contributed by atoms with E-state index in [-0.39, 0.29) is 29.0 Å². The maximum absolute atomic E-state index is 10.5. The molecule has 0 amide bonds. The average molecular weight is 154 g/mol. The number of hydrogen-bond acceptors (Lipinski definition) is 2. The van der Waals surface area contributed by atoms with Crippen molar-refractivity contribution in [3.63, 3.8) is 0 Å². The first-order valence-corrected chi connectivity index (χ1v) is 3.38. The second-order valence-electron chi connectivity index (χ2n) is 2.03. The lowest BCUT2D eigenvalue weighted by atomic mass is 10.2. The molecule has 0 aromatic rings. The quantitative estimate of drug-likeness (QED) is 0.347. The van der Waals surface area contributed by atoms with Crippen molar-refractivity contribution in [1.82, 2.24) is 0 Å². The van der Waals surface area contributed by atoms with Gasteiger partial charge in [-0.1, -0.05) is 19.8 Å². The number of ether oxygens (including phenoxy) is 1. The Bertz CT molecular complexity index is 83.7. The smallest absolute Gasteiger partial charge is 0.305 e. The fraction of sp³-hybridized carbons (Fsp3) is 0.857. The van der Waals surface area contributed by atoms with Crippen molar-refractivity contribution in [2.24, 2.45) is 0 Å². The molecule has 0 aliphatic carbocycles. The topological polar surface area (TPSA) is 26.3 Å². The summed E-state index contributed by atoms with van der Waals surface area (Å²) in [5.41, 5.74) is 0. The summed E-state index contributed by atoms with van der Waals surface area (Å²) >= 11 is 0. The van der Waals surface area contributed by atoms with Crippen LogP contribution in [0.15, 0.2) is 0 Å². The first kappa shape index (κ1) is 12.9. The zero-order chi connectivity index (χ0) is 7.11. The SMILES string of the molecule is CCCCCC(=O)OC.[Mg]. The molecule has 0 aromatic heterocycles. The summed E-state index contributed by atoms with van der Waals surface area (Å²) in [6.07, 6.45) is 3.81. The molecular formula is C7H14MgO2. The number of unbranched alkanes of at least 4 members (excludes halogenated alkanes) is 2. The van der Waals surface area contributed by atoms with Crippen LogP contribution in [0.2, 0.25) is 0 Å². The van der Waals surface area contributed by atoms with Gasteiger partial charge in [0.05, 0.1) is 7.11 Å². The van der Waals surface area contributed by atoms with Crippen LogP contribution in [0, 0.1) is 0 Å². The van der Waals surface area contributed by atoms with E-state index in [4.69, 9.17) is 0 Å². The molecule has 0 saturated heterocycles. The second-order valence-corrected chi connectivity index (χ2v) is 2.03. The number of rotatable bonds is 4. The number of esters is 1. The summed E-state index contributed by atoms with van der Waals surface area (Å²) < 4.78 is 4.46. The van der Waals surface area contributed by atoms with E-state index in [1.807, 2.05) is 0 Å². The van der Waals surface area contributed by atoms with Crippen molar-refractivity contribution in [3.05, 3.63) is 0 Å². The highest BCUT2D eigenvalue weighted by molar-refractivity contribution is 5.75. The van der Waals surface area contributed by atoms with Crippen molar-refractivity contribution in [2.45, 2.75) is 32.6 Å². The van der Waals surface area contributed by atoms with Crippen molar-refractivity contribution >= 4 is 29.0 Å². The molecule has 0 bridgehead atoms. The molecule has 3 heteroatoms. The molecule has 0 aliphatic rings. The Hall–Kier alpha value is 0.236. The predicted octanol–water partition coefficient (Wildman–Crippen LogP) is 1.36. The van der Waals surface area contributed by atoms with Gasteiger partial charge in [0.15, 0.2) is 0 Å². The fourth-order valence-corrected chi connectivity index (χ4v) is 0.621. The monoisotopic (exact) mass is 154 g/mol. The summed E-state index contributed by atoms with van der Waals surface area (Å²) in [5.74, 6) is -0.0940. The molecule has 56 valence electrons. The molecule has 0 unspecified atom stereocenters. The van der Waals surface area contributed by atoms with Gasteiger partial charge in [0, 0.05) is 29.5 Å². The summed E-state index contributed by atoms with van der Waals surface area (Å²) in [5, 5.41) is 0. The van der Waals surface area contributed by atoms with Crippen LogP contribution in [0.5, 0.6) is 0 Å². The van der Waals surface area contributed by atoms with Gasteiger partial charge in [-0.25, -0.2) is 0 Å². The standard InChI is InChI=1S/C7H14O2.Mg/c1-3-4-5-6-7(8)9-2;/h3-6H2,1-2H3;. The highest BCUT2D eigenvalue weighted by atomic mass is 24.3. The van der Waals surface area contributed by atoms with Crippen molar-refractivity contribution < 1.29 is 9.53 Å². The lowest BCUT2D eigenvalue weighted by Crippen LogP contribution is -1.98. The Morgan fingerprint density at radius 3 is 2.40 bits per heavy atom. The molecule has 0 rings (SSSR count). The van der Waals surface area contributed by atoms with Crippen molar-refractivity contribution in [1.29, 1.82) is 0 Å². The van der Waals surface area contributed by atoms with E-state index in [0.717, 1.165) is 19.3 Å². The zero-order valence-corrected chi connectivity index (χ0v) is 8.27. The maximum atomic E-state index is 10.5. The van der Waals surface area contributed by atoms with Gasteiger partial charge in [-0.3, -0.25) is 4.79 Å². The van der Waals surface area contributed by atoms with Crippen LogP contribution < -0.4 is 0 Å². The van der Waals surface area contributed by atoms with Crippen LogP contribution in [-0.4, -0.2) is 36.1 Å². The Labute approximate surface area is 78.5 Å². The van der Waals surface area contributed by atoms with E-state index in [9.17, 15) is 4.79 Å². The number of carbonyl (C=O) groups excluding carboxylic acids is 1. The van der Waals surface area contributed by atoms with Crippen LogP contribution in [0.4, 0.5) is 0 Å². The number of carbonyl (C=O) groups is 1. The molecule has 2 radical (unpaired) electrons. The predicted molar refractivity (Wildman–Crippen MR) is 41.9 cm³/mol. The molecule has 2 nitrogen and oxygen atoms in total. The van der Waals surface area contributed by atoms with Gasteiger partial charge in [-0.2, -0.15) is 0 Å². The van der Waals surface area contributed by atoms with Gasteiger partial charge in [-0.15, -0.1) is 0 Å². The Kier molecular flexibility index (Phi) is 11.9. The van der Waals surface area contributed by atoms with Crippen molar-refractivity contribution in [3.8, 4) is 0 Å². The highest BCUT2D eigenvalue weighted by Gasteiger charge is 1.96. The van der Waals surface area contributed by atoms with Crippen LogP contribution in [0.3, 0.4) is 0 Å². The third kappa shape index (κ3) is 8.24. The van der Waals surface area contributed by atoms with Gasteiger partial charge in [0.2, 0.25) is 0 Å². The summed E-state index contributed by atoms with van der Waals surface area (Å²) in [6, 6.07) is 0. The van der Waals surface area contributed by atoms with Gasteiger partial charge in [-0.05, 0) is 6.42 Å². The molecule has 0 N–H and O–H groups in total. The molecule has 0 fully saturated rings. The molecule has 0 spiro atoms. The van der Waals surface area contributed by atoms with E-state index < -0.39 is 0 Å². The summed E-state index contributed by atoms with van der Waals surface area (Å²) in [4.78, 5) is 10.5. The molecule has 0 saturated carbocycles. The minimum atomic E-state index is -0.0940. The van der Waals surface area contributed by atoms with Crippen LogP contribution in [0.1, 0.15) is 32.6 Å². The fourth-order valence-electron chi connectivity index (χ4n) is 0.621. The number of hydrogen-bond donors (Lipinski definition) is 0. The lowest BCUT2D eigenvalue weighted by Gasteiger charge is -1.95. The van der Waals surface area contributed by atoms with Crippen LogP contribution >= 0.6 is 0 Å². The third-order valence-electron chi connectivity index (χ3n) is 1.21. The summed E-state index contributed by atoms with van der Waals surface area (Å²) in [7, 11) is 1.42. The van der Waals surface area contributed by atoms with E-state index in [0.29, 0.717) is 6.42 Å². The van der Waals surface area contributed by atoms with Gasteiger partial charge < -0.3 is 4.74 Å². The largest absolute Gasteiger partial charge is 0.469 e. The average Bonchev–Trinajstić information content (AvgIpc) is 1.89. The van der Waals surface area contributed by atoms with Crippen LogP contribution in [-0.2, 0) is 9.53 Å². The van der Waals surface area contributed by atoms with Gasteiger partial charge >= 0.3 is 5.97 Å². The van der Waals surface area contributed by atoms with Crippen molar-refractivity contribution in [2.75, 3.05) is 7.11 Å². The molecule has 0 heterocycles. The number of methoxy groups -OCH3 is 1. The van der Waals surface area contributed by atoms with Gasteiger partial charge in [0.1, 0.15) is 0 Å². The molecular weight excluding hydrogens is 140 g/mol. The minimum Gasteiger partial charge on any atom is -0.469 e. The minimum absolute atomic E-state index is 0. The second kappa shape index (κ2) is 9.24. The first-order chi connectivity index (χ1) is 4.31.